The lowest BCUT2D eigenvalue weighted by molar-refractivity contribution is -0.119. The molecule has 0 bridgehead atoms. The molecule has 2 rings (SSSR count). The van der Waals surface area contributed by atoms with Crippen LogP contribution in [0.1, 0.15) is 24.9 Å². The van der Waals surface area contributed by atoms with Crippen LogP contribution < -0.4 is 16.6 Å². The van der Waals surface area contributed by atoms with E-state index in [4.69, 9.17) is 5.73 Å². The van der Waals surface area contributed by atoms with Crippen molar-refractivity contribution in [3.8, 4) is 0 Å². The first-order valence-electron chi connectivity index (χ1n) is 6.87. The highest BCUT2D eigenvalue weighted by molar-refractivity contribution is 5.96. The zero-order valence-corrected chi connectivity index (χ0v) is 12.2. The normalized spacial score (nSPS) is 11.9. The predicted molar refractivity (Wildman–Crippen MR) is 84.3 cm³/mol. The third-order valence-corrected chi connectivity index (χ3v) is 3.33. The van der Waals surface area contributed by atoms with Crippen molar-refractivity contribution in [3.63, 3.8) is 0 Å². The van der Waals surface area contributed by atoms with Crippen molar-refractivity contribution in [2.45, 2.75) is 26.3 Å². The minimum atomic E-state index is -0.558. The zero-order chi connectivity index (χ0) is 15.4. The lowest BCUT2D eigenvalue weighted by atomic mass is 10.1. The molecule has 1 aromatic heterocycles. The van der Waals surface area contributed by atoms with E-state index in [1.54, 1.807) is 36.5 Å². The molecule has 0 aliphatic rings. The second-order valence-electron chi connectivity index (χ2n) is 4.95. The molecule has 1 unspecified atom stereocenters. The molecule has 3 N–H and O–H groups in total. The molecule has 2 aromatic rings. The number of nitrogens with one attached hydrogen (secondary N) is 1. The molecular weight excluding hydrogens is 266 g/mol. The van der Waals surface area contributed by atoms with E-state index in [0.717, 1.165) is 5.56 Å². The number of para-hydroxylation sites is 2. The number of nitrogens with two attached hydrogens (primary N) is 1. The Labute approximate surface area is 123 Å². The molecule has 1 amide bonds. The van der Waals surface area contributed by atoms with Crippen molar-refractivity contribution in [1.29, 1.82) is 0 Å². The Balaban J connectivity index is 2.29. The van der Waals surface area contributed by atoms with Crippen LogP contribution in [0.15, 0.2) is 47.4 Å². The fourth-order valence-electron chi connectivity index (χ4n) is 2.19. The van der Waals surface area contributed by atoms with Gasteiger partial charge < -0.3 is 15.6 Å². The molecule has 1 atom stereocenters. The number of amides is 1. The molecule has 1 heterocycles. The van der Waals surface area contributed by atoms with Gasteiger partial charge in [0.1, 0.15) is 6.04 Å². The second-order valence-corrected chi connectivity index (χ2v) is 4.95. The summed E-state index contributed by atoms with van der Waals surface area (Å²) in [6.07, 6.45) is 2.21. The number of nitrogens with zero attached hydrogens (tertiary/aromatic N) is 1. The number of carbonyl (C=O) groups is 1. The fraction of sp³-hybridized carbons (Fsp3) is 0.250. The highest BCUT2D eigenvalue weighted by atomic mass is 16.2. The summed E-state index contributed by atoms with van der Waals surface area (Å²) in [7, 11) is 0. The molecule has 0 aliphatic carbocycles. The summed E-state index contributed by atoms with van der Waals surface area (Å²) in [6, 6.07) is 9.70. The van der Waals surface area contributed by atoms with E-state index in [1.165, 1.54) is 10.6 Å². The van der Waals surface area contributed by atoms with Crippen molar-refractivity contribution in [2.75, 3.05) is 11.1 Å². The van der Waals surface area contributed by atoms with Crippen molar-refractivity contribution < 1.29 is 4.79 Å². The van der Waals surface area contributed by atoms with Gasteiger partial charge >= 0.3 is 0 Å². The summed E-state index contributed by atoms with van der Waals surface area (Å²) < 4.78 is 1.46. The van der Waals surface area contributed by atoms with Gasteiger partial charge in [-0.2, -0.15) is 0 Å². The average Bonchev–Trinajstić information content (AvgIpc) is 2.46. The minimum Gasteiger partial charge on any atom is -0.397 e. The van der Waals surface area contributed by atoms with E-state index >= 15 is 0 Å². The number of rotatable bonds is 4. The maximum absolute atomic E-state index is 12.4. The van der Waals surface area contributed by atoms with Crippen molar-refractivity contribution in [2.24, 2.45) is 0 Å². The van der Waals surface area contributed by atoms with Crippen LogP contribution in [0.3, 0.4) is 0 Å². The lowest BCUT2D eigenvalue weighted by Crippen LogP contribution is -2.32. The van der Waals surface area contributed by atoms with E-state index < -0.39 is 6.04 Å². The number of nitrogen functional groups attached to an aromatic ring is 1. The molecule has 0 fully saturated rings. The van der Waals surface area contributed by atoms with E-state index in [2.05, 4.69) is 5.32 Å². The van der Waals surface area contributed by atoms with Gasteiger partial charge in [-0.25, -0.2) is 0 Å². The Morgan fingerprint density at radius 1 is 1.29 bits per heavy atom. The van der Waals surface area contributed by atoms with Crippen LogP contribution >= 0.6 is 0 Å². The van der Waals surface area contributed by atoms with Crippen LogP contribution in [0.4, 0.5) is 11.4 Å². The van der Waals surface area contributed by atoms with E-state index in [9.17, 15) is 9.59 Å². The van der Waals surface area contributed by atoms with E-state index in [0.29, 0.717) is 17.8 Å². The van der Waals surface area contributed by atoms with Gasteiger partial charge in [-0.3, -0.25) is 9.59 Å². The molecule has 0 saturated carbocycles. The van der Waals surface area contributed by atoms with E-state index in [1.807, 2.05) is 13.8 Å². The van der Waals surface area contributed by atoms with Crippen LogP contribution in [0, 0.1) is 6.92 Å². The van der Waals surface area contributed by atoms with Gasteiger partial charge in [-0.15, -0.1) is 0 Å². The smallest absolute Gasteiger partial charge is 0.251 e. The third kappa shape index (κ3) is 3.31. The summed E-state index contributed by atoms with van der Waals surface area (Å²) in [5.41, 5.74) is 7.61. The summed E-state index contributed by atoms with van der Waals surface area (Å²) in [4.78, 5) is 24.4. The second kappa shape index (κ2) is 6.26. The maximum Gasteiger partial charge on any atom is 0.251 e. The first-order valence-corrected chi connectivity index (χ1v) is 6.87. The van der Waals surface area contributed by atoms with Gasteiger partial charge in [-0.1, -0.05) is 25.1 Å². The molecule has 0 saturated heterocycles. The van der Waals surface area contributed by atoms with Gasteiger partial charge in [0.2, 0.25) is 5.91 Å². The van der Waals surface area contributed by atoms with Crippen molar-refractivity contribution in [1.82, 2.24) is 4.57 Å². The minimum absolute atomic E-state index is 0.191. The van der Waals surface area contributed by atoms with Crippen LogP contribution in [0.25, 0.3) is 0 Å². The Bertz CT molecular complexity index is 707. The van der Waals surface area contributed by atoms with Gasteiger partial charge in [0.05, 0.1) is 11.4 Å². The number of aryl methyl sites for hydroxylation is 1. The Morgan fingerprint density at radius 3 is 2.67 bits per heavy atom. The summed E-state index contributed by atoms with van der Waals surface area (Å²) >= 11 is 0. The monoisotopic (exact) mass is 285 g/mol. The van der Waals surface area contributed by atoms with Crippen molar-refractivity contribution >= 4 is 17.3 Å². The summed E-state index contributed by atoms with van der Waals surface area (Å²) in [5.74, 6) is -0.247. The maximum atomic E-state index is 12.4. The Kier molecular flexibility index (Phi) is 4.42. The molecule has 110 valence electrons. The van der Waals surface area contributed by atoms with Gasteiger partial charge in [0.15, 0.2) is 0 Å². The van der Waals surface area contributed by atoms with Crippen LogP contribution in [-0.2, 0) is 4.79 Å². The fourth-order valence-corrected chi connectivity index (χ4v) is 2.19. The summed E-state index contributed by atoms with van der Waals surface area (Å²) in [6.45, 7) is 3.75. The molecule has 0 aliphatic heterocycles. The number of hydrogen-bond donors (Lipinski definition) is 2. The number of carbonyl (C=O) groups excluding carboxylic acids is 1. The average molecular weight is 285 g/mol. The number of hydrogen-bond acceptors (Lipinski definition) is 3. The molecule has 5 nitrogen and oxygen atoms in total. The molecule has 5 heteroatoms. The SMILES string of the molecule is CCC(C(=O)Nc1ccccc1N)n1cc(C)ccc1=O. The Hall–Kier alpha value is -2.56. The third-order valence-electron chi connectivity index (χ3n) is 3.33. The first kappa shape index (κ1) is 14.8. The van der Waals surface area contributed by atoms with Crippen LogP contribution in [0.2, 0.25) is 0 Å². The number of pyridine rings is 1. The molecular formula is C16H19N3O2. The van der Waals surface area contributed by atoms with Gasteiger partial charge in [-0.05, 0) is 31.0 Å². The van der Waals surface area contributed by atoms with Gasteiger partial charge in [0.25, 0.3) is 5.56 Å². The summed E-state index contributed by atoms with van der Waals surface area (Å²) in [5, 5.41) is 2.78. The first-order chi connectivity index (χ1) is 10.0. The Morgan fingerprint density at radius 2 is 2.00 bits per heavy atom. The predicted octanol–water partition coefficient (Wildman–Crippen LogP) is 2.33. The van der Waals surface area contributed by atoms with Crippen molar-refractivity contribution in [3.05, 3.63) is 58.5 Å². The molecule has 0 spiro atoms. The standard InChI is InChI=1S/C16H19N3O2/c1-3-14(19-10-11(2)8-9-15(19)20)16(21)18-13-7-5-4-6-12(13)17/h4-10,14H,3,17H2,1-2H3,(H,18,21). The van der Waals surface area contributed by atoms with E-state index in [-0.39, 0.29) is 11.5 Å². The molecule has 1 aromatic carbocycles. The number of anilines is 2. The lowest BCUT2D eigenvalue weighted by Gasteiger charge is -2.19. The highest BCUT2D eigenvalue weighted by Gasteiger charge is 2.20. The largest absolute Gasteiger partial charge is 0.397 e. The number of benzene rings is 1. The topological polar surface area (TPSA) is 77.1 Å². The molecule has 0 radical (unpaired) electrons. The zero-order valence-electron chi connectivity index (χ0n) is 12.2. The number of aromatic nitrogens is 1. The van der Waals surface area contributed by atoms with Crippen LogP contribution in [0.5, 0.6) is 0 Å². The van der Waals surface area contributed by atoms with Crippen LogP contribution in [-0.4, -0.2) is 10.5 Å². The quantitative estimate of drug-likeness (QED) is 0.846. The van der Waals surface area contributed by atoms with Gasteiger partial charge in [0, 0.05) is 12.3 Å². The molecule has 21 heavy (non-hydrogen) atoms. The highest BCUT2D eigenvalue weighted by Crippen LogP contribution is 2.19.